The van der Waals surface area contributed by atoms with Crippen LogP contribution in [0.4, 0.5) is 0 Å². The third kappa shape index (κ3) is 2.70. The van der Waals surface area contributed by atoms with Crippen LogP contribution in [0.1, 0.15) is 51.2 Å². The highest BCUT2D eigenvalue weighted by Crippen LogP contribution is 2.33. The van der Waals surface area contributed by atoms with Crippen molar-refractivity contribution in [2.45, 2.75) is 38.6 Å². The number of carbonyl (C=O) groups excluding carboxylic acids is 1. The monoisotopic (exact) mass is 331 g/mol. The van der Waals surface area contributed by atoms with Gasteiger partial charge in [0.1, 0.15) is 11.9 Å². The molecule has 1 aliphatic heterocycles. The van der Waals surface area contributed by atoms with Crippen LogP contribution in [0, 0.1) is 6.92 Å². The molecule has 0 aromatic carbocycles. The normalized spacial score (nSPS) is 21.3. The van der Waals surface area contributed by atoms with Crippen molar-refractivity contribution in [2.75, 3.05) is 19.8 Å². The van der Waals surface area contributed by atoms with Crippen molar-refractivity contribution >= 4 is 17.2 Å². The van der Waals surface area contributed by atoms with E-state index in [1.807, 2.05) is 11.8 Å². The van der Waals surface area contributed by atoms with Crippen LogP contribution in [0.5, 0.6) is 0 Å². The molecule has 0 saturated carbocycles. The molecule has 2 aromatic heterocycles. The largest absolute Gasteiger partial charge is 0.377 e. The minimum absolute atomic E-state index is 0.121. The van der Waals surface area contributed by atoms with Gasteiger partial charge in [0, 0.05) is 28.7 Å². The van der Waals surface area contributed by atoms with Crippen LogP contribution in [0.2, 0.25) is 0 Å². The summed E-state index contributed by atoms with van der Waals surface area (Å²) in [6.07, 6.45) is 6.39. The highest BCUT2D eigenvalue weighted by Gasteiger charge is 2.33. The van der Waals surface area contributed by atoms with Crippen LogP contribution in [0.25, 0.3) is 0 Å². The molecule has 0 spiro atoms. The Morgan fingerprint density at radius 2 is 2.30 bits per heavy atom. The number of morpholine rings is 1. The Kier molecular flexibility index (Phi) is 3.95. The number of fused-ring (bicyclic) bond motifs is 1. The highest BCUT2D eigenvalue weighted by atomic mass is 32.1. The zero-order valence-corrected chi connectivity index (χ0v) is 14.1. The quantitative estimate of drug-likeness (QED) is 0.920. The van der Waals surface area contributed by atoms with Crippen molar-refractivity contribution in [3.05, 3.63) is 39.1 Å². The summed E-state index contributed by atoms with van der Waals surface area (Å²) >= 11 is 1.74. The Labute approximate surface area is 139 Å². The first kappa shape index (κ1) is 14.9. The van der Waals surface area contributed by atoms with Crippen molar-refractivity contribution in [1.82, 2.24) is 14.9 Å². The van der Waals surface area contributed by atoms with E-state index in [-0.39, 0.29) is 11.9 Å². The van der Waals surface area contributed by atoms with E-state index < -0.39 is 0 Å². The number of imidazole rings is 1. The maximum absolute atomic E-state index is 13.2. The van der Waals surface area contributed by atoms with Gasteiger partial charge < -0.3 is 14.6 Å². The van der Waals surface area contributed by atoms with Gasteiger partial charge in [0.2, 0.25) is 0 Å². The Morgan fingerprint density at radius 1 is 1.43 bits per heavy atom. The number of aromatic amines is 1. The van der Waals surface area contributed by atoms with E-state index in [2.05, 4.69) is 15.3 Å². The summed E-state index contributed by atoms with van der Waals surface area (Å²) < 4.78 is 5.60. The molecule has 1 N–H and O–H groups in total. The molecule has 4 rings (SSSR count). The molecule has 2 aromatic rings. The number of nitrogens with zero attached hydrogens (tertiary/aromatic N) is 2. The lowest BCUT2D eigenvalue weighted by Gasteiger charge is -2.34. The Balaban J connectivity index is 1.64. The number of hydrogen-bond acceptors (Lipinski definition) is 4. The summed E-state index contributed by atoms with van der Waals surface area (Å²) in [5, 5.41) is 2.05. The van der Waals surface area contributed by atoms with E-state index in [0.717, 1.165) is 29.9 Å². The van der Waals surface area contributed by atoms with E-state index in [1.54, 1.807) is 17.5 Å². The van der Waals surface area contributed by atoms with Crippen molar-refractivity contribution in [3.63, 3.8) is 0 Å². The number of carbonyl (C=O) groups is 1. The minimum Gasteiger partial charge on any atom is -0.377 e. The van der Waals surface area contributed by atoms with Gasteiger partial charge in [-0.15, -0.1) is 11.3 Å². The van der Waals surface area contributed by atoms with Crippen molar-refractivity contribution < 1.29 is 9.53 Å². The SMILES string of the molecule is Cc1cnc(C2COCCN2C(=O)c2csc3c2CCCC3)[nH]1. The van der Waals surface area contributed by atoms with Gasteiger partial charge in [0.05, 0.1) is 18.8 Å². The molecule has 1 atom stereocenters. The first-order valence-electron chi connectivity index (χ1n) is 8.23. The third-order valence-electron chi connectivity index (χ3n) is 4.72. The minimum atomic E-state index is -0.121. The van der Waals surface area contributed by atoms with Crippen LogP contribution >= 0.6 is 11.3 Å². The van der Waals surface area contributed by atoms with Crippen LogP contribution in [-0.4, -0.2) is 40.5 Å². The third-order valence-corrected chi connectivity index (χ3v) is 5.81. The molecule has 1 amide bonds. The first-order valence-corrected chi connectivity index (χ1v) is 9.11. The Hall–Kier alpha value is -1.66. The molecule has 122 valence electrons. The Morgan fingerprint density at radius 3 is 3.13 bits per heavy atom. The molecule has 1 unspecified atom stereocenters. The molecule has 1 aliphatic carbocycles. The molecule has 3 heterocycles. The molecule has 1 fully saturated rings. The second-order valence-corrected chi connectivity index (χ2v) is 7.26. The standard InChI is InChI=1S/C17H21N3O2S/c1-11-8-18-16(19-11)14-9-22-7-6-20(14)17(21)13-10-23-15-5-3-2-4-12(13)15/h8,10,14H,2-7,9H2,1H3,(H,18,19). The van der Waals surface area contributed by atoms with Crippen molar-refractivity contribution in [2.24, 2.45) is 0 Å². The van der Waals surface area contributed by atoms with Gasteiger partial charge >= 0.3 is 0 Å². The summed E-state index contributed by atoms with van der Waals surface area (Å²) in [5.74, 6) is 0.950. The maximum atomic E-state index is 13.2. The summed E-state index contributed by atoms with van der Waals surface area (Å²) in [4.78, 5) is 24.2. The van der Waals surface area contributed by atoms with Crippen LogP contribution < -0.4 is 0 Å². The molecule has 6 heteroatoms. The van der Waals surface area contributed by atoms with E-state index in [1.165, 1.54) is 23.3 Å². The highest BCUT2D eigenvalue weighted by molar-refractivity contribution is 7.10. The second-order valence-electron chi connectivity index (χ2n) is 6.30. The number of H-pyrrole nitrogens is 1. The number of amides is 1. The average molecular weight is 331 g/mol. The molecule has 23 heavy (non-hydrogen) atoms. The van der Waals surface area contributed by atoms with Gasteiger partial charge in [0.25, 0.3) is 5.91 Å². The van der Waals surface area contributed by atoms with Gasteiger partial charge in [0.15, 0.2) is 0 Å². The average Bonchev–Trinajstić information content (AvgIpc) is 3.20. The lowest BCUT2D eigenvalue weighted by Crippen LogP contribution is -2.44. The van der Waals surface area contributed by atoms with E-state index in [4.69, 9.17) is 4.74 Å². The van der Waals surface area contributed by atoms with Gasteiger partial charge in [-0.2, -0.15) is 0 Å². The molecule has 0 bridgehead atoms. The maximum Gasteiger partial charge on any atom is 0.255 e. The van der Waals surface area contributed by atoms with Gasteiger partial charge in [-0.25, -0.2) is 4.98 Å². The molecular weight excluding hydrogens is 310 g/mol. The smallest absolute Gasteiger partial charge is 0.255 e. The van der Waals surface area contributed by atoms with E-state index in [0.29, 0.717) is 19.8 Å². The summed E-state index contributed by atoms with van der Waals surface area (Å²) in [7, 11) is 0. The molecule has 5 nitrogen and oxygen atoms in total. The van der Waals surface area contributed by atoms with Gasteiger partial charge in [-0.3, -0.25) is 4.79 Å². The van der Waals surface area contributed by atoms with E-state index >= 15 is 0 Å². The summed E-state index contributed by atoms with van der Waals surface area (Å²) in [6, 6.07) is -0.121. The number of ether oxygens (including phenoxy) is 1. The fourth-order valence-corrected chi connectivity index (χ4v) is 4.62. The number of hydrogen-bond donors (Lipinski definition) is 1. The predicted molar refractivity (Wildman–Crippen MR) is 88.9 cm³/mol. The zero-order valence-electron chi connectivity index (χ0n) is 13.3. The fourth-order valence-electron chi connectivity index (χ4n) is 3.50. The van der Waals surface area contributed by atoms with Gasteiger partial charge in [-0.05, 0) is 38.2 Å². The lowest BCUT2D eigenvalue weighted by molar-refractivity contribution is -0.00504. The number of nitrogens with one attached hydrogen (secondary N) is 1. The summed E-state index contributed by atoms with van der Waals surface area (Å²) in [5.41, 5.74) is 3.19. The van der Waals surface area contributed by atoms with Gasteiger partial charge in [-0.1, -0.05) is 0 Å². The topological polar surface area (TPSA) is 58.2 Å². The predicted octanol–water partition coefficient (Wildman–Crippen LogP) is 2.87. The van der Waals surface area contributed by atoms with Crippen LogP contribution in [0.3, 0.4) is 0 Å². The summed E-state index contributed by atoms with van der Waals surface area (Å²) in [6.45, 7) is 3.69. The number of aryl methyl sites for hydroxylation is 2. The van der Waals surface area contributed by atoms with E-state index in [9.17, 15) is 4.79 Å². The zero-order chi connectivity index (χ0) is 15.8. The van der Waals surface area contributed by atoms with Crippen molar-refractivity contribution in [1.29, 1.82) is 0 Å². The fraction of sp³-hybridized carbons (Fsp3) is 0.529. The van der Waals surface area contributed by atoms with Crippen molar-refractivity contribution in [3.8, 4) is 0 Å². The number of thiophene rings is 1. The van der Waals surface area contributed by atoms with Crippen LogP contribution in [0.15, 0.2) is 11.6 Å². The Bertz CT molecular complexity index is 721. The molecule has 0 radical (unpaired) electrons. The number of rotatable bonds is 2. The lowest BCUT2D eigenvalue weighted by atomic mass is 9.95. The van der Waals surface area contributed by atoms with Crippen LogP contribution in [-0.2, 0) is 17.6 Å². The molecular formula is C17H21N3O2S. The second kappa shape index (κ2) is 6.09. The number of aromatic nitrogens is 2. The molecule has 2 aliphatic rings. The molecule has 1 saturated heterocycles. The first-order chi connectivity index (χ1) is 11.2.